The van der Waals surface area contributed by atoms with Crippen molar-refractivity contribution in [2.24, 2.45) is 0 Å². The molecule has 1 aromatic rings. The molecule has 3 nitrogen and oxygen atoms in total. The van der Waals surface area contributed by atoms with Crippen LogP contribution in [0.4, 0.5) is 0 Å². The molecular formula is C13H20N2O+2. The van der Waals surface area contributed by atoms with Crippen LogP contribution in [0.25, 0.3) is 0 Å². The quantitative estimate of drug-likeness (QED) is 0.590. The molecule has 1 aliphatic rings. The third-order valence-corrected chi connectivity index (χ3v) is 3.38. The van der Waals surface area contributed by atoms with Crippen LogP contribution in [-0.2, 0) is 6.54 Å². The first-order valence-corrected chi connectivity index (χ1v) is 5.97. The summed E-state index contributed by atoms with van der Waals surface area (Å²) >= 11 is 0. The molecule has 1 heterocycles. The Bertz CT molecular complexity index is 339. The van der Waals surface area contributed by atoms with Gasteiger partial charge in [-0.15, -0.1) is 0 Å². The van der Waals surface area contributed by atoms with E-state index in [1.165, 1.54) is 31.7 Å². The van der Waals surface area contributed by atoms with Gasteiger partial charge in [-0.25, -0.2) is 0 Å². The number of piperazine rings is 1. The number of hydrogen-bond acceptors (Lipinski definition) is 1. The number of hydrogen-bond donors (Lipinski definition) is 2. The van der Waals surface area contributed by atoms with Gasteiger partial charge in [0.15, 0.2) is 0 Å². The fraction of sp³-hybridized carbons (Fsp3) is 0.462. The minimum atomic E-state index is 0.765. The van der Waals surface area contributed by atoms with E-state index in [-0.39, 0.29) is 0 Å². The summed E-state index contributed by atoms with van der Waals surface area (Å²) in [6.07, 6.45) is 0.899. The first-order valence-electron chi connectivity index (χ1n) is 5.97. The molecule has 86 valence electrons. The van der Waals surface area contributed by atoms with Crippen LogP contribution in [-0.4, -0.2) is 39.5 Å². The Labute approximate surface area is 96.7 Å². The molecule has 0 bridgehead atoms. The predicted molar refractivity (Wildman–Crippen MR) is 62.9 cm³/mol. The summed E-state index contributed by atoms with van der Waals surface area (Å²) in [5.41, 5.74) is 2.10. The lowest BCUT2D eigenvalue weighted by Crippen LogP contribution is -3.26. The number of likely N-dealkylation sites (N-methyl/N-ethyl adjacent to an activating group) is 1. The van der Waals surface area contributed by atoms with E-state index < -0.39 is 0 Å². The molecule has 2 rings (SSSR count). The van der Waals surface area contributed by atoms with E-state index in [1.807, 2.05) is 12.1 Å². The lowest BCUT2D eigenvalue weighted by molar-refractivity contribution is -1.01. The van der Waals surface area contributed by atoms with Crippen LogP contribution < -0.4 is 9.80 Å². The van der Waals surface area contributed by atoms with E-state index in [0.29, 0.717) is 0 Å². The minimum Gasteiger partial charge on any atom is -0.328 e. The highest BCUT2D eigenvalue weighted by atomic mass is 16.1. The van der Waals surface area contributed by atoms with Gasteiger partial charge >= 0.3 is 0 Å². The average Bonchev–Trinajstić information content (AvgIpc) is 2.33. The van der Waals surface area contributed by atoms with Crippen molar-refractivity contribution in [3.05, 3.63) is 35.4 Å². The molecule has 2 N–H and O–H groups in total. The molecule has 0 saturated carbocycles. The Morgan fingerprint density at radius 1 is 1.12 bits per heavy atom. The second kappa shape index (κ2) is 5.23. The van der Waals surface area contributed by atoms with Crippen LogP contribution in [0.1, 0.15) is 15.9 Å². The van der Waals surface area contributed by atoms with Crippen molar-refractivity contribution in [1.82, 2.24) is 0 Å². The van der Waals surface area contributed by atoms with Gasteiger partial charge in [-0.2, -0.15) is 0 Å². The summed E-state index contributed by atoms with van der Waals surface area (Å²) < 4.78 is 0. The number of quaternary nitrogens is 2. The van der Waals surface area contributed by atoms with Crippen LogP contribution in [0.15, 0.2) is 24.3 Å². The Morgan fingerprint density at radius 2 is 1.75 bits per heavy atom. The number of nitrogens with one attached hydrogen (secondary N) is 2. The third-order valence-electron chi connectivity index (χ3n) is 3.38. The number of benzene rings is 1. The third kappa shape index (κ3) is 2.90. The fourth-order valence-electron chi connectivity index (χ4n) is 2.21. The Balaban J connectivity index is 1.91. The molecule has 16 heavy (non-hydrogen) atoms. The molecule has 0 unspecified atom stereocenters. The van der Waals surface area contributed by atoms with Crippen molar-refractivity contribution in [3.63, 3.8) is 0 Å². The van der Waals surface area contributed by atoms with Gasteiger partial charge in [-0.05, 0) is 0 Å². The second-order valence-corrected chi connectivity index (χ2v) is 4.74. The molecule has 0 atom stereocenters. The highest BCUT2D eigenvalue weighted by molar-refractivity contribution is 5.74. The van der Waals surface area contributed by atoms with Crippen LogP contribution in [0.3, 0.4) is 0 Å². The van der Waals surface area contributed by atoms with Crippen molar-refractivity contribution in [3.8, 4) is 0 Å². The van der Waals surface area contributed by atoms with Crippen molar-refractivity contribution in [2.45, 2.75) is 6.54 Å². The zero-order valence-electron chi connectivity index (χ0n) is 9.83. The standard InChI is InChI=1S/C13H18N2O/c1-14-6-8-15(9-7-14)10-12-2-4-13(11-16)5-3-12/h2-5,11H,6-10H2,1H3/p+2. The van der Waals surface area contributed by atoms with Gasteiger partial charge < -0.3 is 9.80 Å². The van der Waals surface area contributed by atoms with Gasteiger partial charge in [0, 0.05) is 11.1 Å². The second-order valence-electron chi connectivity index (χ2n) is 4.74. The highest BCUT2D eigenvalue weighted by Crippen LogP contribution is 2.00. The van der Waals surface area contributed by atoms with E-state index in [0.717, 1.165) is 18.4 Å². The SMILES string of the molecule is C[NH+]1CC[NH+](Cc2ccc(C=O)cc2)CC1. The summed E-state index contributed by atoms with van der Waals surface area (Å²) in [7, 11) is 2.26. The average molecular weight is 220 g/mol. The summed E-state index contributed by atoms with van der Waals surface area (Å²) in [6, 6.07) is 7.95. The molecular weight excluding hydrogens is 200 g/mol. The van der Waals surface area contributed by atoms with Crippen molar-refractivity contribution >= 4 is 6.29 Å². The highest BCUT2D eigenvalue weighted by Gasteiger charge is 2.19. The summed E-state index contributed by atoms with van der Waals surface area (Å²) in [6.45, 7) is 6.12. The predicted octanol–water partition coefficient (Wildman–Crippen LogP) is -1.59. The van der Waals surface area contributed by atoms with Gasteiger partial charge in [0.2, 0.25) is 0 Å². The first kappa shape index (κ1) is 11.3. The Kier molecular flexibility index (Phi) is 3.70. The molecule has 0 aliphatic carbocycles. The molecule has 0 aromatic heterocycles. The molecule has 1 saturated heterocycles. The maximum atomic E-state index is 10.5. The number of rotatable bonds is 3. The Hall–Kier alpha value is -1.19. The van der Waals surface area contributed by atoms with E-state index in [2.05, 4.69) is 19.2 Å². The zero-order valence-corrected chi connectivity index (χ0v) is 9.83. The molecule has 1 fully saturated rings. The molecule has 3 heteroatoms. The molecule has 0 spiro atoms. The van der Waals surface area contributed by atoms with Crippen LogP contribution in [0, 0.1) is 0 Å². The fourth-order valence-corrected chi connectivity index (χ4v) is 2.21. The van der Waals surface area contributed by atoms with E-state index in [4.69, 9.17) is 0 Å². The van der Waals surface area contributed by atoms with Crippen LogP contribution in [0.2, 0.25) is 0 Å². The van der Waals surface area contributed by atoms with Gasteiger partial charge in [0.1, 0.15) is 39.0 Å². The number of aldehydes is 1. The van der Waals surface area contributed by atoms with Crippen molar-refractivity contribution in [1.29, 1.82) is 0 Å². The number of carbonyl (C=O) groups is 1. The zero-order chi connectivity index (χ0) is 11.4. The lowest BCUT2D eigenvalue weighted by Gasteiger charge is -2.27. The molecule has 1 aliphatic heterocycles. The molecule has 0 radical (unpaired) electrons. The monoisotopic (exact) mass is 220 g/mol. The normalized spacial score (nSPS) is 25.3. The Morgan fingerprint density at radius 3 is 2.31 bits per heavy atom. The molecule has 0 amide bonds. The van der Waals surface area contributed by atoms with Gasteiger partial charge in [-0.1, -0.05) is 24.3 Å². The van der Waals surface area contributed by atoms with Gasteiger partial charge in [0.25, 0.3) is 0 Å². The van der Waals surface area contributed by atoms with Crippen LogP contribution in [0.5, 0.6) is 0 Å². The van der Waals surface area contributed by atoms with Crippen LogP contribution >= 0.6 is 0 Å². The lowest BCUT2D eigenvalue weighted by atomic mass is 10.1. The largest absolute Gasteiger partial charge is 0.328 e. The van der Waals surface area contributed by atoms with E-state index >= 15 is 0 Å². The summed E-state index contributed by atoms with van der Waals surface area (Å²) in [4.78, 5) is 13.8. The maximum Gasteiger partial charge on any atom is 0.150 e. The van der Waals surface area contributed by atoms with E-state index in [9.17, 15) is 4.79 Å². The number of carbonyl (C=O) groups excluding carboxylic acids is 1. The van der Waals surface area contributed by atoms with Gasteiger partial charge in [0.05, 0.1) is 7.05 Å². The smallest absolute Gasteiger partial charge is 0.150 e. The minimum absolute atomic E-state index is 0.765. The maximum absolute atomic E-state index is 10.5. The summed E-state index contributed by atoms with van der Waals surface area (Å²) in [5, 5.41) is 0. The first-order chi connectivity index (χ1) is 7.78. The summed E-state index contributed by atoms with van der Waals surface area (Å²) in [5.74, 6) is 0. The molecule has 1 aromatic carbocycles. The van der Waals surface area contributed by atoms with Crippen molar-refractivity contribution in [2.75, 3.05) is 33.2 Å². The van der Waals surface area contributed by atoms with Gasteiger partial charge in [-0.3, -0.25) is 4.79 Å². The van der Waals surface area contributed by atoms with E-state index in [1.54, 1.807) is 9.80 Å². The topological polar surface area (TPSA) is 26.0 Å². The van der Waals surface area contributed by atoms with Crippen molar-refractivity contribution < 1.29 is 14.6 Å².